The molecule has 0 aromatic carbocycles. The number of hydrogen-bond donors (Lipinski definition) is 4. The van der Waals surface area contributed by atoms with Gasteiger partial charge in [0, 0.05) is 0 Å². The second kappa shape index (κ2) is 9.39. The molecule has 2 amide bonds. The summed E-state index contributed by atoms with van der Waals surface area (Å²) < 4.78 is 0. The average Bonchev–Trinajstić information content (AvgIpc) is 2.18. The maximum Gasteiger partial charge on any atom is 1.00 e. The molecule has 0 aliphatic heterocycles. The second-order valence-corrected chi connectivity index (χ2v) is 4.08. The van der Waals surface area contributed by atoms with Crippen LogP contribution in [0.15, 0.2) is 0 Å². The van der Waals surface area contributed by atoms with Crippen LogP contribution in [0.5, 0.6) is 0 Å². The molecule has 0 spiro atoms. The minimum Gasteiger partial charge on any atom is -0.787 e. The Kier molecular flexibility index (Phi) is 10.9. The molecule has 0 aromatic heterocycles. The van der Waals surface area contributed by atoms with Gasteiger partial charge in [0.05, 0.1) is 6.04 Å². The standard InChI is InChI=1S/C9H19N4O3.K/c1-9(2,8(11)15)12-7(14)6(13-16)4-3-5-10;/h6,13H,3-5,10H2,1-2H3,(H2,11,15)(H,12,14);/q-1;+1. The van der Waals surface area contributed by atoms with E-state index in [1.165, 1.54) is 13.8 Å². The molecule has 0 aliphatic carbocycles. The molecule has 0 aliphatic rings. The first-order chi connectivity index (χ1) is 7.35. The summed E-state index contributed by atoms with van der Waals surface area (Å²) in [6, 6.07) is -0.901. The van der Waals surface area contributed by atoms with Crippen LogP contribution in [-0.2, 0) is 9.59 Å². The van der Waals surface area contributed by atoms with E-state index in [1.54, 1.807) is 5.48 Å². The van der Waals surface area contributed by atoms with Crippen molar-refractivity contribution >= 4 is 11.8 Å². The number of primary amides is 1. The summed E-state index contributed by atoms with van der Waals surface area (Å²) in [6.07, 6.45) is 0.866. The maximum atomic E-state index is 11.6. The van der Waals surface area contributed by atoms with E-state index in [9.17, 15) is 14.8 Å². The first-order valence-electron chi connectivity index (χ1n) is 5.04. The Balaban J connectivity index is 0. The molecule has 0 saturated heterocycles. The molecule has 17 heavy (non-hydrogen) atoms. The minimum atomic E-state index is -1.17. The van der Waals surface area contributed by atoms with Gasteiger partial charge in [-0.1, -0.05) is 0 Å². The van der Waals surface area contributed by atoms with Crippen LogP contribution in [0.1, 0.15) is 26.7 Å². The molecule has 6 N–H and O–H groups in total. The molecular formula is C9H19KN4O3. The predicted octanol–water partition coefficient (Wildman–Crippen LogP) is -4.43. The van der Waals surface area contributed by atoms with Gasteiger partial charge >= 0.3 is 51.4 Å². The number of rotatable bonds is 7. The SMILES string of the molecule is CC(C)(NC(=O)C(CCCN)N[O-])C(N)=O.[K+]. The average molecular weight is 270 g/mol. The second-order valence-electron chi connectivity index (χ2n) is 4.08. The molecule has 1 unspecified atom stereocenters. The molecule has 7 nitrogen and oxygen atoms in total. The first-order valence-corrected chi connectivity index (χ1v) is 5.04. The van der Waals surface area contributed by atoms with Gasteiger partial charge in [-0.05, 0) is 33.2 Å². The van der Waals surface area contributed by atoms with Crippen molar-refractivity contribution in [3.8, 4) is 0 Å². The first kappa shape index (κ1) is 19.8. The van der Waals surface area contributed by atoms with Gasteiger partial charge < -0.3 is 27.5 Å². The van der Waals surface area contributed by atoms with E-state index in [-0.39, 0.29) is 51.4 Å². The molecule has 94 valence electrons. The largest absolute Gasteiger partial charge is 1.00 e. The van der Waals surface area contributed by atoms with E-state index in [0.29, 0.717) is 19.4 Å². The van der Waals surface area contributed by atoms with Crippen molar-refractivity contribution < 1.29 is 61.0 Å². The van der Waals surface area contributed by atoms with Crippen molar-refractivity contribution in [3.63, 3.8) is 0 Å². The van der Waals surface area contributed by atoms with Crippen LogP contribution in [0, 0.1) is 5.21 Å². The van der Waals surface area contributed by atoms with Gasteiger partial charge in [0.15, 0.2) is 0 Å². The number of hydrogen-bond acceptors (Lipinski definition) is 5. The molecule has 8 heteroatoms. The normalized spacial score (nSPS) is 12.5. The van der Waals surface area contributed by atoms with E-state index < -0.39 is 23.4 Å². The van der Waals surface area contributed by atoms with Crippen LogP contribution in [0.25, 0.3) is 0 Å². The number of amides is 2. The summed E-state index contributed by atoms with van der Waals surface area (Å²) in [5, 5.41) is 13.0. The Morgan fingerprint density at radius 3 is 2.29 bits per heavy atom. The molecule has 0 radical (unpaired) electrons. The zero-order valence-electron chi connectivity index (χ0n) is 10.6. The number of carbonyl (C=O) groups excluding carboxylic acids is 2. The number of hydroxylamine groups is 1. The van der Waals surface area contributed by atoms with Crippen LogP contribution >= 0.6 is 0 Å². The van der Waals surface area contributed by atoms with E-state index in [0.717, 1.165) is 0 Å². The van der Waals surface area contributed by atoms with E-state index in [2.05, 4.69) is 5.32 Å². The van der Waals surface area contributed by atoms with E-state index in [4.69, 9.17) is 11.5 Å². The zero-order valence-corrected chi connectivity index (χ0v) is 13.7. The van der Waals surface area contributed by atoms with Gasteiger partial charge in [-0.3, -0.25) is 9.59 Å². The van der Waals surface area contributed by atoms with Gasteiger partial charge in [0.25, 0.3) is 0 Å². The quantitative estimate of drug-likeness (QED) is 0.274. The Hall–Kier alpha value is 0.456. The number of carbonyl (C=O) groups is 2. The third-order valence-corrected chi connectivity index (χ3v) is 2.21. The Bertz CT molecular complexity index is 261. The van der Waals surface area contributed by atoms with Crippen molar-refractivity contribution in [2.24, 2.45) is 11.5 Å². The van der Waals surface area contributed by atoms with Crippen molar-refractivity contribution in [1.82, 2.24) is 10.8 Å². The third kappa shape index (κ3) is 7.47. The molecule has 0 fully saturated rings. The van der Waals surface area contributed by atoms with E-state index >= 15 is 0 Å². The van der Waals surface area contributed by atoms with Crippen LogP contribution in [0.3, 0.4) is 0 Å². The summed E-state index contributed by atoms with van der Waals surface area (Å²) >= 11 is 0. The van der Waals surface area contributed by atoms with Crippen LogP contribution in [0.4, 0.5) is 0 Å². The Morgan fingerprint density at radius 2 is 1.94 bits per heavy atom. The summed E-state index contributed by atoms with van der Waals surface area (Å²) in [7, 11) is 0. The Morgan fingerprint density at radius 1 is 1.41 bits per heavy atom. The van der Waals surface area contributed by atoms with Gasteiger partial charge in [0.2, 0.25) is 11.8 Å². The van der Waals surface area contributed by atoms with Crippen LogP contribution < -0.4 is 73.6 Å². The van der Waals surface area contributed by atoms with Crippen molar-refractivity contribution in [2.45, 2.75) is 38.3 Å². The van der Waals surface area contributed by atoms with Crippen molar-refractivity contribution in [1.29, 1.82) is 0 Å². The summed E-state index contributed by atoms with van der Waals surface area (Å²) in [5.41, 5.74) is 10.8. The summed E-state index contributed by atoms with van der Waals surface area (Å²) in [5.74, 6) is -1.21. The van der Waals surface area contributed by atoms with Gasteiger partial charge in [-0.25, -0.2) is 0 Å². The molecule has 0 heterocycles. The number of nitrogens with two attached hydrogens (primary N) is 2. The van der Waals surface area contributed by atoms with E-state index in [1.807, 2.05) is 0 Å². The van der Waals surface area contributed by atoms with Gasteiger partial charge in [-0.15, -0.1) is 0 Å². The minimum absolute atomic E-state index is 0. The van der Waals surface area contributed by atoms with Crippen LogP contribution in [-0.4, -0.2) is 29.9 Å². The summed E-state index contributed by atoms with van der Waals surface area (Å²) in [6.45, 7) is 3.33. The predicted molar refractivity (Wildman–Crippen MR) is 60.0 cm³/mol. The number of nitrogens with one attached hydrogen (secondary N) is 2. The topological polar surface area (TPSA) is 133 Å². The van der Waals surface area contributed by atoms with Crippen molar-refractivity contribution in [3.05, 3.63) is 5.21 Å². The van der Waals surface area contributed by atoms with Gasteiger partial charge in [0.1, 0.15) is 5.54 Å². The van der Waals surface area contributed by atoms with Crippen molar-refractivity contribution in [2.75, 3.05) is 6.54 Å². The molecule has 1 atom stereocenters. The maximum absolute atomic E-state index is 11.6. The summed E-state index contributed by atoms with van der Waals surface area (Å²) in [4.78, 5) is 22.5. The third-order valence-electron chi connectivity index (χ3n) is 2.21. The fraction of sp³-hybridized carbons (Fsp3) is 0.778. The van der Waals surface area contributed by atoms with Gasteiger partial charge in [-0.2, -0.15) is 0 Å². The zero-order chi connectivity index (χ0) is 12.8. The molecule has 0 bridgehead atoms. The fourth-order valence-corrected chi connectivity index (χ4v) is 1.02. The molecule has 0 aromatic rings. The Labute approximate surface area is 143 Å². The fourth-order valence-electron chi connectivity index (χ4n) is 1.02. The molecule has 0 saturated carbocycles. The molecular weight excluding hydrogens is 251 g/mol. The monoisotopic (exact) mass is 270 g/mol. The molecule has 0 rings (SSSR count). The smallest absolute Gasteiger partial charge is 0.787 e. The van der Waals surface area contributed by atoms with Crippen LogP contribution in [0.2, 0.25) is 0 Å².